The van der Waals surface area contributed by atoms with Crippen LogP contribution < -0.4 is 10.5 Å². The van der Waals surface area contributed by atoms with Crippen molar-refractivity contribution in [2.24, 2.45) is 5.73 Å². The van der Waals surface area contributed by atoms with Crippen LogP contribution in [0.5, 0.6) is 11.5 Å². The standard InChI is InChI=1S/C18H18N2O/c1-2-15(19)13-7-3-4-10-17(13)21-18-11-5-9-16-14(18)8-6-12-20-16/h3-12,15H,2,19H2,1H3/t15-/m0/s1. The summed E-state index contributed by atoms with van der Waals surface area (Å²) in [4.78, 5) is 4.35. The molecule has 0 aliphatic rings. The highest BCUT2D eigenvalue weighted by Crippen LogP contribution is 2.33. The topological polar surface area (TPSA) is 48.1 Å². The molecule has 106 valence electrons. The van der Waals surface area contributed by atoms with E-state index in [1.165, 1.54) is 0 Å². The Hall–Kier alpha value is -2.39. The van der Waals surface area contributed by atoms with E-state index in [-0.39, 0.29) is 6.04 Å². The zero-order valence-corrected chi connectivity index (χ0v) is 12.0. The lowest BCUT2D eigenvalue weighted by atomic mass is 10.0. The minimum absolute atomic E-state index is 0.0192. The Labute approximate surface area is 124 Å². The summed E-state index contributed by atoms with van der Waals surface area (Å²) in [6.45, 7) is 2.07. The first kappa shape index (κ1) is 13.6. The van der Waals surface area contributed by atoms with Crippen molar-refractivity contribution < 1.29 is 4.74 Å². The molecule has 0 fully saturated rings. The number of aromatic nitrogens is 1. The van der Waals surface area contributed by atoms with Crippen LogP contribution in [0.15, 0.2) is 60.8 Å². The number of hydrogen-bond acceptors (Lipinski definition) is 3. The van der Waals surface area contributed by atoms with Gasteiger partial charge in [-0.15, -0.1) is 0 Å². The Morgan fingerprint density at radius 3 is 2.67 bits per heavy atom. The number of ether oxygens (including phenoxy) is 1. The predicted octanol–water partition coefficient (Wildman–Crippen LogP) is 4.44. The predicted molar refractivity (Wildman–Crippen MR) is 85.5 cm³/mol. The summed E-state index contributed by atoms with van der Waals surface area (Å²) in [6.07, 6.45) is 2.66. The van der Waals surface area contributed by atoms with Crippen molar-refractivity contribution in [2.75, 3.05) is 0 Å². The van der Waals surface area contributed by atoms with Crippen molar-refractivity contribution in [3.63, 3.8) is 0 Å². The van der Waals surface area contributed by atoms with Crippen LogP contribution in [0.4, 0.5) is 0 Å². The summed E-state index contributed by atoms with van der Waals surface area (Å²) in [5.41, 5.74) is 8.12. The number of fused-ring (bicyclic) bond motifs is 1. The molecule has 3 nitrogen and oxygen atoms in total. The van der Waals surface area contributed by atoms with Gasteiger partial charge in [0.15, 0.2) is 0 Å². The monoisotopic (exact) mass is 278 g/mol. The SMILES string of the molecule is CC[C@H](N)c1ccccc1Oc1cccc2ncccc12. The van der Waals surface area contributed by atoms with Gasteiger partial charge in [-0.3, -0.25) is 4.98 Å². The maximum atomic E-state index is 6.17. The minimum Gasteiger partial charge on any atom is -0.456 e. The summed E-state index contributed by atoms with van der Waals surface area (Å²) in [5, 5.41) is 1.000. The third-order valence-electron chi connectivity index (χ3n) is 3.58. The van der Waals surface area contributed by atoms with E-state index in [2.05, 4.69) is 11.9 Å². The molecule has 0 saturated heterocycles. The average molecular weight is 278 g/mol. The number of rotatable bonds is 4. The van der Waals surface area contributed by atoms with E-state index in [0.717, 1.165) is 34.4 Å². The fraction of sp³-hybridized carbons (Fsp3) is 0.167. The maximum absolute atomic E-state index is 6.17. The molecule has 21 heavy (non-hydrogen) atoms. The molecule has 1 heterocycles. The van der Waals surface area contributed by atoms with E-state index in [9.17, 15) is 0 Å². The molecule has 2 aromatic carbocycles. The van der Waals surface area contributed by atoms with Gasteiger partial charge in [-0.05, 0) is 36.8 Å². The molecule has 1 atom stereocenters. The molecule has 0 bridgehead atoms. The molecule has 0 amide bonds. The Balaban J connectivity index is 2.03. The lowest BCUT2D eigenvalue weighted by Gasteiger charge is -2.16. The van der Waals surface area contributed by atoms with Crippen LogP contribution >= 0.6 is 0 Å². The van der Waals surface area contributed by atoms with Gasteiger partial charge in [0.2, 0.25) is 0 Å². The summed E-state index contributed by atoms with van der Waals surface area (Å²) < 4.78 is 6.13. The zero-order valence-electron chi connectivity index (χ0n) is 12.0. The van der Waals surface area contributed by atoms with Crippen molar-refractivity contribution in [3.05, 3.63) is 66.4 Å². The number of hydrogen-bond donors (Lipinski definition) is 1. The van der Waals surface area contributed by atoms with E-state index >= 15 is 0 Å². The van der Waals surface area contributed by atoms with Crippen molar-refractivity contribution in [3.8, 4) is 11.5 Å². The highest BCUT2D eigenvalue weighted by atomic mass is 16.5. The first-order valence-electron chi connectivity index (χ1n) is 7.15. The molecule has 3 heteroatoms. The Bertz CT molecular complexity index is 750. The number of nitrogens with zero attached hydrogens (tertiary/aromatic N) is 1. The quantitative estimate of drug-likeness (QED) is 0.767. The molecule has 3 aromatic rings. The van der Waals surface area contributed by atoms with Crippen molar-refractivity contribution in [1.29, 1.82) is 0 Å². The summed E-state index contributed by atoms with van der Waals surface area (Å²) in [5.74, 6) is 1.61. The van der Waals surface area contributed by atoms with Crippen LogP contribution in [-0.4, -0.2) is 4.98 Å². The van der Waals surface area contributed by atoms with E-state index in [4.69, 9.17) is 10.5 Å². The van der Waals surface area contributed by atoms with Gasteiger partial charge in [-0.25, -0.2) is 0 Å². The fourth-order valence-electron chi connectivity index (χ4n) is 2.38. The molecule has 0 aliphatic heterocycles. The second-order valence-electron chi connectivity index (χ2n) is 4.98. The van der Waals surface area contributed by atoms with Crippen molar-refractivity contribution >= 4 is 10.9 Å². The molecular weight excluding hydrogens is 260 g/mol. The molecule has 0 spiro atoms. The van der Waals surface area contributed by atoms with Gasteiger partial charge in [-0.2, -0.15) is 0 Å². The highest BCUT2D eigenvalue weighted by Gasteiger charge is 2.11. The number of nitrogens with two attached hydrogens (primary N) is 1. The zero-order chi connectivity index (χ0) is 14.7. The van der Waals surface area contributed by atoms with Gasteiger partial charge < -0.3 is 10.5 Å². The van der Waals surface area contributed by atoms with E-state index in [0.29, 0.717) is 0 Å². The number of pyridine rings is 1. The molecule has 3 rings (SSSR count). The van der Waals surface area contributed by atoms with E-state index in [1.807, 2.05) is 54.6 Å². The normalized spacial score (nSPS) is 12.3. The van der Waals surface area contributed by atoms with Gasteiger partial charge in [0, 0.05) is 23.2 Å². The lowest BCUT2D eigenvalue weighted by molar-refractivity contribution is 0.474. The summed E-state index contributed by atoms with van der Waals surface area (Å²) >= 11 is 0. The Morgan fingerprint density at radius 2 is 1.81 bits per heavy atom. The largest absolute Gasteiger partial charge is 0.456 e. The molecule has 2 N–H and O–H groups in total. The van der Waals surface area contributed by atoms with Gasteiger partial charge in [0.1, 0.15) is 11.5 Å². The second kappa shape index (κ2) is 5.94. The third kappa shape index (κ3) is 2.73. The molecule has 0 aliphatic carbocycles. The first-order chi connectivity index (χ1) is 10.3. The van der Waals surface area contributed by atoms with Crippen molar-refractivity contribution in [1.82, 2.24) is 4.98 Å². The molecule has 0 radical (unpaired) electrons. The Kier molecular flexibility index (Phi) is 3.84. The first-order valence-corrected chi connectivity index (χ1v) is 7.15. The summed E-state index contributed by atoms with van der Waals surface area (Å²) in [7, 11) is 0. The summed E-state index contributed by atoms with van der Waals surface area (Å²) in [6, 6.07) is 17.7. The van der Waals surface area contributed by atoms with Gasteiger partial charge >= 0.3 is 0 Å². The van der Waals surface area contributed by atoms with Crippen LogP contribution in [0.25, 0.3) is 10.9 Å². The van der Waals surface area contributed by atoms with Crippen LogP contribution in [-0.2, 0) is 0 Å². The fourth-order valence-corrected chi connectivity index (χ4v) is 2.38. The number of benzene rings is 2. The second-order valence-corrected chi connectivity index (χ2v) is 4.98. The van der Waals surface area contributed by atoms with Crippen LogP contribution in [0.3, 0.4) is 0 Å². The Morgan fingerprint density at radius 1 is 1.00 bits per heavy atom. The molecule has 0 saturated carbocycles. The lowest BCUT2D eigenvalue weighted by Crippen LogP contribution is -2.09. The molecule has 1 aromatic heterocycles. The number of para-hydroxylation sites is 1. The molecular formula is C18H18N2O. The maximum Gasteiger partial charge on any atom is 0.136 e. The minimum atomic E-state index is -0.0192. The van der Waals surface area contributed by atoms with Crippen LogP contribution in [0.1, 0.15) is 24.9 Å². The van der Waals surface area contributed by atoms with Gasteiger partial charge in [0.25, 0.3) is 0 Å². The third-order valence-corrected chi connectivity index (χ3v) is 3.58. The van der Waals surface area contributed by atoms with Crippen LogP contribution in [0, 0.1) is 0 Å². The van der Waals surface area contributed by atoms with Gasteiger partial charge in [-0.1, -0.05) is 31.2 Å². The van der Waals surface area contributed by atoms with Crippen molar-refractivity contribution in [2.45, 2.75) is 19.4 Å². The van der Waals surface area contributed by atoms with E-state index in [1.54, 1.807) is 6.20 Å². The van der Waals surface area contributed by atoms with Gasteiger partial charge in [0.05, 0.1) is 5.52 Å². The smallest absolute Gasteiger partial charge is 0.136 e. The molecule has 0 unspecified atom stereocenters. The average Bonchev–Trinajstić information content (AvgIpc) is 2.55. The van der Waals surface area contributed by atoms with E-state index < -0.39 is 0 Å². The highest BCUT2D eigenvalue weighted by molar-refractivity contribution is 5.85. The van der Waals surface area contributed by atoms with Crippen LogP contribution in [0.2, 0.25) is 0 Å².